The third-order valence-corrected chi connectivity index (χ3v) is 6.67. The highest BCUT2D eigenvalue weighted by Gasteiger charge is 2.39. The summed E-state index contributed by atoms with van der Waals surface area (Å²) in [6.07, 6.45) is 2.29. The zero-order valence-electron chi connectivity index (χ0n) is 21.6. The molecule has 14 heteroatoms. The van der Waals surface area contributed by atoms with Crippen molar-refractivity contribution in [1.29, 1.82) is 0 Å². The number of nitrogens with zero attached hydrogens (tertiary/aromatic N) is 6. The summed E-state index contributed by atoms with van der Waals surface area (Å²) in [7, 11) is 1.59. The maximum Gasteiger partial charge on any atom is 0.341 e. The van der Waals surface area contributed by atoms with Crippen LogP contribution < -0.4 is 10.1 Å². The van der Waals surface area contributed by atoms with Crippen molar-refractivity contribution in [3.8, 4) is 17.1 Å². The zero-order valence-corrected chi connectivity index (χ0v) is 21.6. The van der Waals surface area contributed by atoms with Gasteiger partial charge in [0.25, 0.3) is 5.91 Å². The van der Waals surface area contributed by atoms with Crippen molar-refractivity contribution in [2.24, 2.45) is 12.1 Å². The Kier molecular flexibility index (Phi) is 7.43. The Labute approximate surface area is 226 Å². The molecule has 1 atom stereocenters. The van der Waals surface area contributed by atoms with Gasteiger partial charge in [0.05, 0.1) is 37.6 Å². The monoisotopic (exact) mass is 557 g/mol. The first-order valence-corrected chi connectivity index (χ1v) is 12.5. The topological polar surface area (TPSA) is 125 Å². The first kappa shape index (κ1) is 27.1. The fourth-order valence-electron chi connectivity index (χ4n) is 4.72. The number of halogens is 3. The van der Waals surface area contributed by atoms with E-state index >= 15 is 0 Å². The molecule has 0 saturated carbocycles. The van der Waals surface area contributed by atoms with Gasteiger partial charge in [-0.05, 0) is 24.6 Å². The molecular formula is C26H26F3N7O4. The molecule has 1 saturated heterocycles. The van der Waals surface area contributed by atoms with Crippen LogP contribution in [0.2, 0.25) is 0 Å². The van der Waals surface area contributed by atoms with Gasteiger partial charge in [0.2, 0.25) is 0 Å². The molecule has 0 aliphatic carbocycles. The predicted octanol–water partition coefficient (Wildman–Crippen LogP) is 2.55. The van der Waals surface area contributed by atoms with E-state index < -0.39 is 41.5 Å². The highest BCUT2D eigenvalue weighted by Crippen LogP contribution is 2.33. The number of ether oxygens (including phenoxy) is 1. The van der Waals surface area contributed by atoms with Crippen molar-refractivity contribution in [3.63, 3.8) is 0 Å². The normalized spacial score (nSPS) is 16.8. The van der Waals surface area contributed by atoms with Crippen molar-refractivity contribution in [2.75, 3.05) is 26.2 Å². The molecule has 0 unspecified atom stereocenters. The summed E-state index contributed by atoms with van der Waals surface area (Å²) in [4.78, 5) is 31.0. The van der Waals surface area contributed by atoms with Gasteiger partial charge in [-0.25, -0.2) is 23.0 Å². The van der Waals surface area contributed by atoms with E-state index in [-0.39, 0.29) is 43.4 Å². The minimum Gasteiger partial charge on any atom is -0.483 e. The molecule has 2 aliphatic rings. The van der Waals surface area contributed by atoms with Gasteiger partial charge in [-0.1, -0.05) is 0 Å². The summed E-state index contributed by atoms with van der Waals surface area (Å²) in [5.41, 5.74) is 1.73. The molecule has 0 radical (unpaired) electrons. The fraction of sp³-hybridized carbons (Fsp3) is 0.346. The van der Waals surface area contributed by atoms with Gasteiger partial charge in [-0.2, -0.15) is 10.2 Å². The van der Waals surface area contributed by atoms with E-state index in [1.54, 1.807) is 14.0 Å². The summed E-state index contributed by atoms with van der Waals surface area (Å²) in [6, 6.07) is 3.37. The molecule has 2 aliphatic heterocycles. The quantitative estimate of drug-likeness (QED) is 0.460. The van der Waals surface area contributed by atoms with Gasteiger partial charge in [0.15, 0.2) is 11.6 Å². The van der Waals surface area contributed by atoms with E-state index in [1.165, 1.54) is 39.0 Å². The summed E-state index contributed by atoms with van der Waals surface area (Å²) < 4.78 is 49.2. The number of rotatable bonds is 7. The molecule has 2 N–H and O–H groups in total. The zero-order chi connectivity index (χ0) is 28.6. The molecular weight excluding hydrogens is 531 g/mol. The van der Waals surface area contributed by atoms with Crippen LogP contribution in [0.15, 0.2) is 35.6 Å². The van der Waals surface area contributed by atoms with Crippen molar-refractivity contribution in [1.82, 2.24) is 30.0 Å². The second kappa shape index (κ2) is 11.0. The smallest absolute Gasteiger partial charge is 0.341 e. The number of carbonyl (C=O) groups is 2. The lowest BCUT2D eigenvalue weighted by atomic mass is 10.0. The second-order valence-corrected chi connectivity index (χ2v) is 9.45. The molecule has 0 bridgehead atoms. The van der Waals surface area contributed by atoms with Gasteiger partial charge < -0.3 is 20.1 Å². The number of hydrogen-bond donors (Lipinski definition) is 2. The summed E-state index contributed by atoms with van der Waals surface area (Å²) in [6.45, 7) is 1.84. The summed E-state index contributed by atoms with van der Waals surface area (Å²) >= 11 is 0. The average molecular weight is 558 g/mol. The number of carbonyl (C=O) groups excluding carboxylic acids is 2. The van der Waals surface area contributed by atoms with Crippen molar-refractivity contribution in [3.05, 3.63) is 64.7 Å². The van der Waals surface area contributed by atoms with Gasteiger partial charge in [0, 0.05) is 43.9 Å². The van der Waals surface area contributed by atoms with E-state index in [9.17, 15) is 22.8 Å². The number of aryl methyl sites for hydroxylation is 1. The fourth-order valence-corrected chi connectivity index (χ4v) is 4.72. The number of aliphatic hydroxyl groups is 1. The standard InChI is InChI=1S/C26H26F3N7O4/c1-14-23(33-34(2)24(14)25(38)30-5-6-37)20-10-22(19(29)11-31-20)40-18-12-35(13-18)26(39)36-21(3-4-32-36)15-7-16(27)9-17(28)8-15/h4,7-11,18,21,37H,3,5-6,12-13H2,1-2H3,(H,30,38)/t21-/m0/s1. The molecule has 11 nitrogen and oxygen atoms in total. The Morgan fingerprint density at radius 3 is 2.58 bits per heavy atom. The van der Waals surface area contributed by atoms with Gasteiger partial charge in [-0.15, -0.1) is 0 Å². The predicted molar refractivity (Wildman–Crippen MR) is 136 cm³/mol. The lowest BCUT2D eigenvalue weighted by molar-refractivity contribution is 0.0256. The van der Waals surface area contributed by atoms with Crippen LogP contribution in [0, 0.1) is 24.4 Å². The maximum atomic E-state index is 14.6. The number of aliphatic hydroxyl groups excluding tert-OH is 1. The Balaban J connectivity index is 1.25. The number of likely N-dealkylation sites (tertiary alicyclic amines) is 1. The van der Waals surface area contributed by atoms with Crippen LogP contribution in [0.1, 0.15) is 34.1 Å². The van der Waals surface area contributed by atoms with E-state index in [4.69, 9.17) is 9.84 Å². The Morgan fingerprint density at radius 2 is 1.88 bits per heavy atom. The van der Waals surface area contributed by atoms with Crippen molar-refractivity contribution >= 4 is 18.2 Å². The van der Waals surface area contributed by atoms with Crippen LogP contribution in [-0.2, 0) is 7.05 Å². The van der Waals surface area contributed by atoms with Gasteiger partial charge >= 0.3 is 6.03 Å². The van der Waals surface area contributed by atoms with E-state index in [2.05, 4.69) is 20.5 Å². The molecule has 0 spiro atoms. The lowest BCUT2D eigenvalue weighted by Crippen LogP contribution is -2.58. The molecule has 4 heterocycles. The third kappa shape index (κ3) is 5.21. The van der Waals surface area contributed by atoms with E-state index in [1.807, 2.05) is 0 Å². The number of nitrogens with one attached hydrogen (secondary N) is 1. The molecule has 2 aromatic heterocycles. The maximum absolute atomic E-state index is 14.6. The third-order valence-electron chi connectivity index (χ3n) is 6.67. The minimum absolute atomic E-state index is 0.0839. The minimum atomic E-state index is -0.743. The second-order valence-electron chi connectivity index (χ2n) is 9.45. The largest absolute Gasteiger partial charge is 0.483 e. The molecule has 3 amide bonds. The lowest BCUT2D eigenvalue weighted by Gasteiger charge is -2.41. The SMILES string of the molecule is Cc1c(-c2cc(OC3CN(C(=O)N4N=CC[C@H]4c4cc(F)cc(F)c4)C3)c(F)cn2)nn(C)c1C(=O)NCCO. The summed E-state index contributed by atoms with van der Waals surface area (Å²) in [5, 5.41) is 21.1. The number of urea groups is 1. The van der Waals surface area contributed by atoms with Gasteiger partial charge in [0.1, 0.15) is 29.1 Å². The molecule has 40 heavy (non-hydrogen) atoms. The highest BCUT2D eigenvalue weighted by atomic mass is 19.1. The molecule has 210 valence electrons. The number of aromatic nitrogens is 3. The number of amides is 3. The Bertz CT molecular complexity index is 1470. The van der Waals surface area contributed by atoms with Crippen LogP contribution in [0.3, 0.4) is 0 Å². The van der Waals surface area contributed by atoms with Crippen LogP contribution in [-0.4, -0.2) is 80.3 Å². The molecule has 3 aromatic rings. The van der Waals surface area contributed by atoms with Crippen LogP contribution in [0.4, 0.5) is 18.0 Å². The molecule has 1 fully saturated rings. The van der Waals surface area contributed by atoms with Crippen LogP contribution in [0.25, 0.3) is 11.4 Å². The Hall–Kier alpha value is -4.46. The van der Waals surface area contributed by atoms with Crippen molar-refractivity contribution < 1.29 is 32.6 Å². The van der Waals surface area contributed by atoms with E-state index in [0.29, 0.717) is 23.2 Å². The van der Waals surface area contributed by atoms with Gasteiger partial charge in [-0.3, -0.25) is 14.5 Å². The van der Waals surface area contributed by atoms with Crippen molar-refractivity contribution in [2.45, 2.75) is 25.5 Å². The first-order valence-electron chi connectivity index (χ1n) is 12.5. The number of pyridine rings is 1. The van der Waals surface area contributed by atoms with Crippen LogP contribution in [0.5, 0.6) is 5.75 Å². The average Bonchev–Trinajstić information content (AvgIpc) is 3.49. The molecule has 5 rings (SSSR count). The highest BCUT2D eigenvalue weighted by molar-refractivity contribution is 5.95. The van der Waals surface area contributed by atoms with Crippen LogP contribution >= 0.6 is 0 Å². The summed E-state index contributed by atoms with van der Waals surface area (Å²) in [5.74, 6) is -2.70. The first-order chi connectivity index (χ1) is 19.2. The Morgan fingerprint density at radius 1 is 1.15 bits per heavy atom. The number of benzene rings is 1. The van der Waals surface area contributed by atoms with E-state index in [0.717, 1.165) is 12.3 Å². The number of hydrazone groups is 1. The number of hydrogen-bond acceptors (Lipinski definition) is 7. The molecule has 1 aromatic carbocycles.